The third-order valence-corrected chi connectivity index (χ3v) is 8.42. The molecule has 0 radical (unpaired) electrons. The lowest BCUT2D eigenvalue weighted by atomic mass is 9.48. The Kier molecular flexibility index (Phi) is 4.12. The predicted molar refractivity (Wildman–Crippen MR) is 108 cm³/mol. The van der Waals surface area contributed by atoms with E-state index in [4.69, 9.17) is 0 Å². The molecule has 0 unspecified atom stereocenters. The van der Waals surface area contributed by atoms with Gasteiger partial charge in [0, 0.05) is 12.2 Å². The molecule has 1 N–H and O–H groups in total. The fourth-order valence-corrected chi connectivity index (χ4v) is 7.28. The third-order valence-electron chi connectivity index (χ3n) is 7.24. The van der Waals surface area contributed by atoms with Crippen molar-refractivity contribution in [2.24, 2.45) is 23.2 Å². The molecule has 27 heavy (non-hydrogen) atoms. The molecule has 4 fully saturated rings. The predicted octanol–water partition coefficient (Wildman–Crippen LogP) is 4.85. The second-order valence-corrected chi connectivity index (χ2v) is 10.1. The highest BCUT2D eigenvalue weighted by molar-refractivity contribution is 7.17. The van der Waals surface area contributed by atoms with Gasteiger partial charge >= 0.3 is 0 Å². The van der Waals surface area contributed by atoms with Crippen LogP contribution in [0.15, 0.2) is 24.4 Å². The molecule has 4 aliphatic carbocycles. The largest absolute Gasteiger partial charge is 0.348 e. The van der Waals surface area contributed by atoms with Crippen molar-refractivity contribution in [1.82, 2.24) is 15.3 Å². The Hall–Kier alpha value is -1.75. The van der Waals surface area contributed by atoms with E-state index in [9.17, 15) is 4.79 Å². The lowest BCUT2D eigenvalue weighted by molar-refractivity contribution is -0.0687. The molecule has 142 valence electrons. The molecule has 1 atom stereocenters. The van der Waals surface area contributed by atoms with Crippen LogP contribution in [0.25, 0.3) is 10.7 Å². The van der Waals surface area contributed by atoms with Gasteiger partial charge in [0.2, 0.25) is 0 Å². The van der Waals surface area contributed by atoms with Gasteiger partial charge < -0.3 is 5.32 Å². The normalized spacial score (nSPS) is 32.4. The van der Waals surface area contributed by atoms with Crippen molar-refractivity contribution in [3.63, 3.8) is 0 Å². The Balaban J connectivity index is 1.34. The zero-order chi connectivity index (χ0) is 18.6. The maximum atomic E-state index is 13.1. The molecule has 2 aromatic heterocycles. The van der Waals surface area contributed by atoms with Crippen LogP contribution >= 0.6 is 11.3 Å². The number of thiazole rings is 1. The van der Waals surface area contributed by atoms with E-state index in [0.717, 1.165) is 39.0 Å². The van der Waals surface area contributed by atoms with Gasteiger partial charge in [-0.05, 0) is 87.7 Å². The van der Waals surface area contributed by atoms with Crippen molar-refractivity contribution < 1.29 is 4.79 Å². The summed E-state index contributed by atoms with van der Waals surface area (Å²) in [6.45, 7) is 4.16. The minimum Gasteiger partial charge on any atom is -0.348 e. The summed E-state index contributed by atoms with van der Waals surface area (Å²) in [5.74, 6) is 2.74. The van der Waals surface area contributed by atoms with Gasteiger partial charge in [0.25, 0.3) is 5.91 Å². The van der Waals surface area contributed by atoms with E-state index in [1.165, 1.54) is 49.9 Å². The van der Waals surface area contributed by atoms with Gasteiger partial charge in [0.05, 0.1) is 11.4 Å². The SMILES string of the molecule is Cc1nc(-c2ccccn2)sc1C(=O)N[C@H](C)C12CC3CC(CC(C3)C1)C2. The van der Waals surface area contributed by atoms with Crippen molar-refractivity contribution in [3.8, 4) is 10.7 Å². The van der Waals surface area contributed by atoms with Gasteiger partial charge in [-0.15, -0.1) is 11.3 Å². The van der Waals surface area contributed by atoms with Crippen LogP contribution in [0, 0.1) is 30.1 Å². The van der Waals surface area contributed by atoms with Crippen LogP contribution in [0.2, 0.25) is 0 Å². The summed E-state index contributed by atoms with van der Waals surface area (Å²) in [6.07, 6.45) is 9.98. The van der Waals surface area contributed by atoms with Crippen LogP contribution in [-0.4, -0.2) is 21.9 Å². The molecule has 6 rings (SSSR count). The maximum absolute atomic E-state index is 13.1. The van der Waals surface area contributed by atoms with Crippen molar-refractivity contribution in [1.29, 1.82) is 0 Å². The molecule has 4 bridgehead atoms. The lowest BCUT2D eigenvalue weighted by Crippen LogP contribution is -2.55. The quantitative estimate of drug-likeness (QED) is 0.824. The number of amides is 1. The molecule has 0 aromatic carbocycles. The highest BCUT2D eigenvalue weighted by Crippen LogP contribution is 2.61. The number of rotatable bonds is 4. The first kappa shape index (κ1) is 17.4. The number of carbonyl (C=O) groups is 1. The van der Waals surface area contributed by atoms with E-state index in [-0.39, 0.29) is 11.9 Å². The Morgan fingerprint density at radius 3 is 2.44 bits per heavy atom. The van der Waals surface area contributed by atoms with E-state index >= 15 is 0 Å². The minimum atomic E-state index is 0.0374. The summed E-state index contributed by atoms with van der Waals surface area (Å²) in [5.41, 5.74) is 1.96. The van der Waals surface area contributed by atoms with Crippen LogP contribution in [-0.2, 0) is 0 Å². The maximum Gasteiger partial charge on any atom is 0.263 e. The molecule has 4 aliphatic rings. The Bertz CT molecular complexity index is 824. The first-order valence-electron chi connectivity index (χ1n) is 10.2. The highest BCUT2D eigenvalue weighted by atomic mass is 32.1. The van der Waals surface area contributed by atoms with Gasteiger partial charge in [0.1, 0.15) is 9.88 Å². The van der Waals surface area contributed by atoms with E-state index in [1.807, 2.05) is 25.1 Å². The van der Waals surface area contributed by atoms with Crippen LogP contribution < -0.4 is 5.32 Å². The van der Waals surface area contributed by atoms with E-state index in [2.05, 4.69) is 22.2 Å². The fraction of sp³-hybridized carbons (Fsp3) is 0.591. The van der Waals surface area contributed by atoms with E-state index < -0.39 is 0 Å². The molecule has 0 spiro atoms. The fourth-order valence-electron chi connectivity index (χ4n) is 6.33. The summed E-state index contributed by atoms with van der Waals surface area (Å²) < 4.78 is 0. The number of aromatic nitrogens is 2. The molecular formula is C22H27N3OS. The van der Waals surface area contributed by atoms with Crippen LogP contribution in [0.3, 0.4) is 0 Å². The van der Waals surface area contributed by atoms with Gasteiger partial charge in [-0.2, -0.15) is 0 Å². The smallest absolute Gasteiger partial charge is 0.263 e. The number of carbonyl (C=O) groups excluding carboxylic acids is 1. The molecule has 0 aliphatic heterocycles. The van der Waals surface area contributed by atoms with Crippen molar-refractivity contribution in [2.75, 3.05) is 0 Å². The monoisotopic (exact) mass is 381 g/mol. The average Bonchev–Trinajstić information content (AvgIpc) is 3.03. The molecule has 4 nitrogen and oxygen atoms in total. The second kappa shape index (κ2) is 6.40. The van der Waals surface area contributed by atoms with Crippen LogP contribution in [0.5, 0.6) is 0 Å². The molecular weight excluding hydrogens is 354 g/mol. The number of aryl methyl sites for hydroxylation is 1. The molecule has 1 amide bonds. The van der Waals surface area contributed by atoms with Crippen molar-refractivity contribution in [2.45, 2.75) is 58.4 Å². The first-order chi connectivity index (χ1) is 13.0. The molecule has 2 heterocycles. The first-order valence-corrected chi connectivity index (χ1v) is 11.0. The molecule has 4 saturated carbocycles. The number of hydrogen-bond donors (Lipinski definition) is 1. The highest BCUT2D eigenvalue weighted by Gasteiger charge is 2.53. The summed E-state index contributed by atoms with van der Waals surface area (Å²) in [6, 6.07) is 6.02. The Labute approximate surface area is 164 Å². The molecule has 5 heteroatoms. The minimum absolute atomic E-state index is 0.0374. The summed E-state index contributed by atoms with van der Waals surface area (Å²) in [5, 5.41) is 4.19. The summed E-state index contributed by atoms with van der Waals surface area (Å²) >= 11 is 1.45. The number of hydrogen-bond acceptors (Lipinski definition) is 4. The molecule has 0 saturated heterocycles. The van der Waals surface area contributed by atoms with Gasteiger partial charge in [-0.1, -0.05) is 6.07 Å². The second-order valence-electron chi connectivity index (χ2n) is 9.12. The van der Waals surface area contributed by atoms with Gasteiger partial charge in [-0.3, -0.25) is 9.78 Å². The molecule has 2 aromatic rings. The average molecular weight is 382 g/mol. The Morgan fingerprint density at radius 1 is 1.19 bits per heavy atom. The summed E-state index contributed by atoms with van der Waals surface area (Å²) in [7, 11) is 0. The van der Waals surface area contributed by atoms with Crippen molar-refractivity contribution >= 4 is 17.2 Å². The van der Waals surface area contributed by atoms with E-state index in [0.29, 0.717) is 5.41 Å². The third kappa shape index (κ3) is 3.00. The van der Waals surface area contributed by atoms with Crippen molar-refractivity contribution in [3.05, 3.63) is 35.0 Å². The standard InChI is InChI=1S/C22H27N3OS/c1-13-19(27-21(24-13)18-5-3-4-6-23-18)20(26)25-14(2)22-10-15-7-16(11-22)9-17(8-15)12-22/h3-6,14-17H,7-12H2,1-2H3,(H,25,26)/t14-,15?,16?,17?,22?/m1/s1. The van der Waals surface area contributed by atoms with E-state index in [1.54, 1.807) is 6.20 Å². The Morgan fingerprint density at radius 2 is 1.85 bits per heavy atom. The topological polar surface area (TPSA) is 54.9 Å². The van der Waals surface area contributed by atoms with Gasteiger partial charge in [-0.25, -0.2) is 4.98 Å². The zero-order valence-corrected chi connectivity index (χ0v) is 16.9. The lowest BCUT2D eigenvalue weighted by Gasteiger charge is -2.59. The van der Waals surface area contributed by atoms with Crippen LogP contribution in [0.1, 0.15) is 60.8 Å². The van der Waals surface area contributed by atoms with Gasteiger partial charge in [0.15, 0.2) is 0 Å². The zero-order valence-electron chi connectivity index (χ0n) is 16.1. The van der Waals surface area contributed by atoms with Crippen LogP contribution in [0.4, 0.5) is 0 Å². The summed E-state index contributed by atoms with van der Waals surface area (Å²) in [4.78, 5) is 22.7. The number of nitrogens with one attached hydrogen (secondary N) is 1. The number of pyridine rings is 1. The number of nitrogens with zero attached hydrogens (tertiary/aromatic N) is 2.